The van der Waals surface area contributed by atoms with Crippen molar-refractivity contribution in [1.82, 2.24) is 10.2 Å². The molecule has 1 aliphatic rings. The Labute approximate surface area is 147 Å². The van der Waals surface area contributed by atoms with E-state index < -0.39 is 26.7 Å². The standard InChI is InChI=1S/C17H23FN2O4S/c1-19-16(21)12-25(23,24)14-8-10-20(11-9-14)17(22)7-6-13-4-2-3-5-15(13)18/h2-5,14H,6-12H2,1H3,(H,19,21). The zero-order chi connectivity index (χ0) is 18.4. The van der Waals surface area contributed by atoms with Crippen molar-refractivity contribution in [2.45, 2.75) is 30.9 Å². The first kappa shape index (κ1) is 19.4. The lowest BCUT2D eigenvalue weighted by molar-refractivity contribution is -0.132. The van der Waals surface area contributed by atoms with Crippen molar-refractivity contribution >= 4 is 21.7 Å². The number of piperidine rings is 1. The summed E-state index contributed by atoms with van der Waals surface area (Å²) in [5.41, 5.74) is 0.499. The van der Waals surface area contributed by atoms with Crippen LogP contribution in [0, 0.1) is 5.82 Å². The molecule has 0 aromatic heterocycles. The number of carbonyl (C=O) groups is 2. The van der Waals surface area contributed by atoms with Crippen LogP contribution in [0.15, 0.2) is 24.3 Å². The van der Waals surface area contributed by atoms with E-state index in [1.165, 1.54) is 13.1 Å². The van der Waals surface area contributed by atoms with E-state index in [4.69, 9.17) is 0 Å². The van der Waals surface area contributed by atoms with Gasteiger partial charge in [-0.05, 0) is 30.9 Å². The molecule has 1 aliphatic heterocycles. The second-order valence-electron chi connectivity index (χ2n) is 6.15. The van der Waals surface area contributed by atoms with E-state index in [1.54, 1.807) is 23.1 Å². The van der Waals surface area contributed by atoms with Gasteiger partial charge in [-0.3, -0.25) is 9.59 Å². The average Bonchev–Trinajstić information content (AvgIpc) is 2.60. The minimum Gasteiger partial charge on any atom is -0.358 e. The summed E-state index contributed by atoms with van der Waals surface area (Å²) in [5, 5.41) is 1.71. The van der Waals surface area contributed by atoms with E-state index >= 15 is 0 Å². The van der Waals surface area contributed by atoms with Crippen molar-refractivity contribution < 1.29 is 22.4 Å². The van der Waals surface area contributed by atoms with Gasteiger partial charge in [-0.25, -0.2) is 12.8 Å². The molecule has 0 aliphatic carbocycles. The van der Waals surface area contributed by atoms with Crippen molar-refractivity contribution in [3.63, 3.8) is 0 Å². The molecule has 2 amide bonds. The number of rotatable bonds is 6. The van der Waals surface area contributed by atoms with Gasteiger partial charge in [-0.1, -0.05) is 18.2 Å². The summed E-state index contributed by atoms with van der Waals surface area (Å²) < 4.78 is 37.9. The summed E-state index contributed by atoms with van der Waals surface area (Å²) in [7, 11) is -2.11. The van der Waals surface area contributed by atoms with Gasteiger partial charge in [0.25, 0.3) is 0 Å². The lowest BCUT2D eigenvalue weighted by Gasteiger charge is -2.31. The summed E-state index contributed by atoms with van der Waals surface area (Å²) >= 11 is 0. The molecule has 8 heteroatoms. The van der Waals surface area contributed by atoms with Gasteiger partial charge in [0, 0.05) is 26.6 Å². The molecule has 1 N–H and O–H groups in total. The average molecular weight is 370 g/mol. The monoisotopic (exact) mass is 370 g/mol. The molecular weight excluding hydrogens is 347 g/mol. The first-order valence-electron chi connectivity index (χ1n) is 8.27. The van der Waals surface area contributed by atoms with Crippen LogP contribution >= 0.6 is 0 Å². The third-order valence-electron chi connectivity index (χ3n) is 4.48. The van der Waals surface area contributed by atoms with Crippen LogP contribution in [0.5, 0.6) is 0 Å². The summed E-state index contributed by atoms with van der Waals surface area (Å²) in [6, 6.07) is 6.35. The van der Waals surface area contributed by atoms with Crippen molar-refractivity contribution in [1.29, 1.82) is 0 Å². The van der Waals surface area contributed by atoms with Crippen LogP contribution < -0.4 is 5.32 Å². The Morgan fingerprint density at radius 1 is 1.24 bits per heavy atom. The van der Waals surface area contributed by atoms with Crippen LogP contribution in [0.25, 0.3) is 0 Å². The van der Waals surface area contributed by atoms with E-state index in [9.17, 15) is 22.4 Å². The maximum Gasteiger partial charge on any atom is 0.234 e. The summed E-state index contributed by atoms with van der Waals surface area (Å²) in [5.74, 6) is -1.47. The van der Waals surface area contributed by atoms with E-state index in [0.717, 1.165) is 0 Å². The maximum atomic E-state index is 13.6. The zero-order valence-electron chi connectivity index (χ0n) is 14.2. The quantitative estimate of drug-likeness (QED) is 0.807. The molecule has 25 heavy (non-hydrogen) atoms. The van der Waals surface area contributed by atoms with Crippen LogP contribution in [0.1, 0.15) is 24.8 Å². The van der Waals surface area contributed by atoms with Crippen LogP contribution in [-0.4, -0.2) is 56.3 Å². The Morgan fingerprint density at radius 2 is 1.88 bits per heavy atom. The van der Waals surface area contributed by atoms with Gasteiger partial charge in [-0.2, -0.15) is 0 Å². The molecule has 1 aromatic rings. The number of amides is 2. The number of sulfone groups is 1. The van der Waals surface area contributed by atoms with Crippen molar-refractivity contribution in [3.8, 4) is 0 Å². The largest absolute Gasteiger partial charge is 0.358 e. The van der Waals surface area contributed by atoms with Gasteiger partial charge in [0.1, 0.15) is 11.6 Å². The molecule has 1 fully saturated rings. The van der Waals surface area contributed by atoms with Crippen molar-refractivity contribution in [3.05, 3.63) is 35.6 Å². The van der Waals surface area contributed by atoms with Crippen LogP contribution in [0.2, 0.25) is 0 Å². The highest BCUT2D eigenvalue weighted by molar-refractivity contribution is 7.92. The number of hydrogen-bond donors (Lipinski definition) is 1. The molecule has 0 spiro atoms. The molecule has 2 rings (SSSR count). The summed E-state index contributed by atoms with van der Waals surface area (Å²) in [6.45, 7) is 0.682. The first-order chi connectivity index (χ1) is 11.8. The number of benzene rings is 1. The molecule has 0 saturated carbocycles. The summed E-state index contributed by atoms with van der Waals surface area (Å²) in [6.07, 6.45) is 1.16. The SMILES string of the molecule is CNC(=O)CS(=O)(=O)C1CCN(C(=O)CCc2ccccc2F)CC1. The Hall–Kier alpha value is -1.96. The number of likely N-dealkylation sites (tertiary alicyclic amines) is 1. The number of aryl methyl sites for hydroxylation is 1. The molecule has 0 atom stereocenters. The van der Waals surface area contributed by atoms with Crippen LogP contribution in [-0.2, 0) is 25.8 Å². The molecule has 0 bridgehead atoms. The van der Waals surface area contributed by atoms with E-state index in [0.29, 0.717) is 37.9 Å². The minimum atomic E-state index is -3.50. The molecule has 1 aromatic carbocycles. The molecule has 6 nitrogen and oxygen atoms in total. The van der Waals surface area contributed by atoms with Crippen molar-refractivity contribution in [2.24, 2.45) is 0 Å². The highest BCUT2D eigenvalue weighted by atomic mass is 32.2. The van der Waals surface area contributed by atoms with Gasteiger partial charge < -0.3 is 10.2 Å². The van der Waals surface area contributed by atoms with Gasteiger partial charge >= 0.3 is 0 Å². The molecule has 0 unspecified atom stereocenters. The Bertz CT molecular complexity index is 728. The Morgan fingerprint density at radius 3 is 2.48 bits per heavy atom. The smallest absolute Gasteiger partial charge is 0.234 e. The molecule has 0 radical (unpaired) electrons. The Balaban J connectivity index is 1.84. The van der Waals surface area contributed by atoms with Crippen LogP contribution in [0.4, 0.5) is 4.39 Å². The molecule has 1 saturated heterocycles. The molecule has 1 heterocycles. The maximum absolute atomic E-state index is 13.6. The first-order valence-corrected chi connectivity index (χ1v) is 9.98. The number of halogens is 1. The minimum absolute atomic E-state index is 0.106. The second-order valence-corrected chi connectivity index (χ2v) is 8.43. The van der Waals surface area contributed by atoms with Gasteiger partial charge in [0.15, 0.2) is 9.84 Å². The zero-order valence-corrected chi connectivity index (χ0v) is 15.0. The van der Waals surface area contributed by atoms with Gasteiger partial charge in [0.2, 0.25) is 11.8 Å². The Kier molecular flexibility index (Phi) is 6.52. The third-order valence-corrected chi connectivity index (χ3v) is 6.63. The lowest BCUT2D eigenvalue weighted by atomic mass is 10.1. The topological polar surface area (TPSA) is 83.6 Å². The molecule has 138 valence electrons. The fourth-order valence-electron chi connectivity index (χ4n) is 2.94. The number of nitrogens with one attached hydrogen (secondary N) is 1. The van der Waals surface area contributed by atoms with Crippen LogP contribution in [0.3, 0.4) is 0 Å². The number of carbonyl (C=O) groups excluding carboxylic acids is 2. The normalized spacial score (nSPS) is 15.8. The van der Waals surface area contributed by atoms with Gasteiger partial charge in [0.05, 0.1) is 5.25 Å². The number of hydrogen-bond acceptors (Lipinski definition) is 4. The van der Waals surface area contributed by atoms with Gasteiger partial charge in [-0.15, -0.1) is 0 Å². The highest BCUT2D eigenvalue weighted by Crippen LogP contribution is 2.20. The fraction of sp³-hybridized carbons (Fsp3) is 0.529. The fourth-order valence-corrected chi connectivity index (χ4v) is 4.61. The van der Waals surface area contributed by atoms with E-state index in [1.807, 2.05) is 0 Å². The predicted octanol–water partition coefficient (Wildman–Crippen LogP) is 0.910. The second kappa shape index (κ2) is 8.42. The molecular formula is C17H23FN2O4S. The lowest BCUT2D eigenvalue weighted by Crippen LogP contribution is -2.44. The third kappa shape index (κ3) is 5.26. The predicted molar refractivity (Wildman–Crippen MR) is 92.2 cm³/mol. The van der Waals surface area contributed by atoms with Crippen molar-refractivity contribution in [2.75, 3.05) is 25.9 Å². The van der Waals surface area contributed by atoms with E-state index in [-0.39, 0.29) is 18.1 Å². The van der Waals surface area contributed by atoms with E-state index in [2.05, 4.69) is 5.32 Å². The summed E-state index contributed by atoms with van der Waals surface area (Å²) in [4.78, 5) is 25.2. The highest BCUT2D eigenvalue weighted by Gasteiger charge is 2.32. The number of nitrogens with zero attached hydrogens (tertiary/aromatic N) is 1.